The number of rotatable bonds is 10. The molecule has 198 valence electrons. The van der Waals surface area contributed by atoms with Crippen LogP contribution in [0.2, 0.25) is 0 Å². The zero-order chi connectivity index (χ0) is 27.2. The standard InChI is InChI=1S/C29H29NO8/c31-24(16-38-27(35)14-20-12-10-18-6-2-4-8-22(18)29(20)37)23(15-26(33)34)30-25(32)13-19-11-9-17-5-1-3-7-21(17)28(19)36/h1-8,19-20,23H,9-16H2,(H,30,32)(H,33,34). The Bertz CT molecular complexity index is 1280. The van der Waals surface area contributed by atoms with Crippen LogP contribution in [-0.4, -0.2) is 53.0 Å². The molecule has 9 nitrogen and oxygen atoms in total. The van der Waals surface area contributed by atoms with Crippen molar-refractivity contribution in [3.63, 3.8) is 0 Å². The van der Waals surface area contributed by atoms with Gasteiger partial charge in [0.15, 0.2) is 24.0 Å². The van der Waals surface area contributed by atoms with Crippen molar-refractivity contribution in [1.82, 2.24) is 5.32 Å². The number of esters is 1. The largest absolute Gasteiger partial charge is 0.481 e. The van der Waals surface area contributed by atoms with Gasteiger partial charge in [0.1, 0.15) is 6.04 Å². The van der Waals surface area contributed by atoms with Crippen molar-refractivity contribution in [2.45, 2.75) is 51.0 Å². The van der Waals surface area contributed by atoms with Gasteiger partial charge in [-0.1, -0.05) is 48.5 Å². The first kappa shape index (κ1) is 26.9. The summed E-state index contributed by atoms with van der Waals surface area (Å²) in [5, 5.41) is 11.6. The van der Waals surface area contributed by atoms with Crippen LogP contribution in [0.25, 0.3) is 0 Å². The maximum absolute atomic E-state index is 12.8. The lowest BCUT2D eigenvalue weighted by molar-refractivity contribution is -0.150. The number of hydrogen-bond acceptors (Lipinski definition) is 7. The number of aryl methyl sites for hydroxylation is 2. The molecule has 9 heteroatoms. The number of carboxylic acid groups (broad SMARTS) is 1. The van der Waals surface area contributed by atoms with Crippen molar-refractivity contribution < 1.29 is 38.6 Å². The summed E-state index contributed by atoms with van der Waals surface area (Å²) in [5.41, 5.74) is 3.01. The SMILES string of the molecule is O=C(O)CC(NC(=O)CC1CCc2ccccc2C1=O)C(=O)COC(=O)CC1CCc2ccccc2C1=O. The van der Waals surface area contributed by atoms with Crippen molar-refractivity contribution in [3.05, 3.63) is 70.8 Å². The molecule has 0 bridgehead atoms. The van der Waals surface area contributed by atoms with Crippen LogP contribution < -0.4 is 5.32 Å². The highest BCUT2D eigenvalue weighted by atomic mass is 16.5. The summed E-state index contributed by atoms with van der Waals surface area (Å²) in [4.78, 5) is 74.4. The summed E-state index contributed by atoms with van der Waals surface area (Å²) in [6, 6.07) is 13.0. The molecule has 3 atom stereocenters. The lowest BCUT2D eigenvalue weighted by Crippen LogP contribution is -2.45. The van der Waals surface area contributed by atoms with Gasteiger partial charge in [-0.25, -0.2) is 0 Å². The number of hydrogen-bond donors (Lipinski definition) is 2. The molecule has 2 aliphatic rings. The molecule has 2 aromatic rings. The van der Waals surface area contributed by atoms with Crippen molar-refractivity contribution in [3.8, 4) is 0 Å². The van der Waals surface area contributed by atoms with Gasteiger partial charge in [0, 0.05) is 29.4 Å². The Morgan fingerprint density at radius 1 is 0.842 bits per heavy atom. The molecule has 38 heavy (non-hydrogen) atoms. The van der Waals surface area contributed by atoms with Gasteiger partial charge in [-0.05, 0) is 36.8 Å². The highest BCUT2D eigenvalue weighted by Gasteiger charge is 2.32. The molecule has 0 radical (unpaired) electrons. The van der Waals surface area contributed by atoms with E-state index in [0.29, 0.717) is 36.8 Å². The van der Waals surface area contributed by atoms with E-state index in [2.05, 4.69) is 5.32 Å². The van der Waals surface area contributed by atoms with Crippen molar-refractivity contribution in [2.24, 2.45) is 11.8 Å². The van der Waals surface area contributed by atoms with Gasteiger partial charge in [-0.3, -0.25) is 28.8 Å². The number of ketones is 3. The molecular weight excluding hydrogens is 490 g/mol. The van der Waals surface area contributed by atoms with Gasteiger partial charge in [0.25, 0.3) is 0 Å². The van der Waals surface area contributed by atoms with Gasteiger partial charge in [-0.15, -0.1) is 0 Å². The van der Waals surface area contributed by atoms with E-state index >= 15 is 0 Å². The zero-order valence-electron chi connectivity index (χ0n) is 20.8. The van der Waals surface area contributed by atoms with Gasteiger partial charge in [-0.2, -0.15) is 0 Å². The van der Waals surface area contributed by atoms with E-state index in [1.165, 1.54) is 0 Å². The number of ether oxygens (including phenoxy) is 1. The molecule has 0 saturated heterocycles. The van der Waals surface area contributed by atoms with E-state index in [0.717, 1.165) is 11.1 Å². The first-order valence-electron chi connectivity index (χ1n) is 12.7. The molecule has 0 aliphatic heterocycles. The number of carboxylic acids is 1. The highest BCUT2D eigenvalue weighted by Crippen LogP contribution is 2.28. The number of carbonyl (C=O) groups excluding carboxylic acids is 5. The molecule has 2 aliphatic carbocycles. The van der Waals surface area contributed by atoms with E-state index < -0.39 is 54.5 Å². The fourth-order valence-corrected chi connectivity index (χ4v) is 5.12. The third-order valence-corrected chi connectivity index (χ3v) is 7.15. The first-order chi connectivity index (χ1) is 18.2. The highest BCUT2D eigenvalue weighted by molar-refractivity contribution is 6.03. The molecule has 4 rings (SSSR count). The van der Waals surface area contributed by atoms with Crippen LogP contribution in [0.1, 0.15) is 63.9 Å². The number of Topliss-reactive ketones (excluding diaryl/α,β-unsaturated/α-hetero) is 3. The van der Waals surface area contributed by atoms with Crippen LogP contribution in [0.5, 0.6) is 0 Å². The molecule has 3 unspecified atom stereocenters. The van der Waals surface area contributed by atoms with Gasteiger partial charge in [0.2, 0.25) is 5.91 Å². The van der Waals surface area contributed by atoms with E-state index in [-0.39, 0.29) is 24.4 Å². The van der Waals surface area contributed by atoms with Gasteiger partial charge in [0.05, 0.1) is 12.8 Å². The summed E-state index contributed by atoms with van der Waals surface area (Å²) in [6.07, 6.45) is 1.19. The number of carbonyl (C=O) groups is 6. The second-order valence-electron chi connectivity index (χ2n) is 9.77. The predicted molar refractivity (Wildman–Crippen MR) is 135 cm³/mol. The Kier molecular flexibility index (Phi) is 8.45. The average molecular weight is 520 g/mol. The minimum absolute atomic E-state index is 0.147. The maximum atomic E-state index is 12.8. The summed E-state index contributed by atoms with van der Waals surface area (Å²) >= 11 is 0. The number of amides is 1. The topological polar surface area (TPSA) is 144 Å². The molecule has 2 N–H and O–H groups in total. The molecule has 1 amide bonds. The Morgan fingerprint density at radius 2 is 1.37 bits per heavy atom. The Balaban J connectivity index is 1.29. The number of aliphatic carboxylic acids is 1. The van der Waals surface area contributed by atoms with E-state index in [9.17, 15) is 33.9 Å². The fraction of sp³-hybridized carbons (Fsp3) is 0.379. The van der Waals surface area contributed by atoms with E-state index in [4.69, 9.17) is 4.74 Å². The third kappa shape index (κ3) is 6.40. The van der Waals surface area contributed by atoms with Crippen LogP contribution in [0.3, 0.4) is 0 Å². The molecule has 0 aromatic heterocycles. The number of benzene rings is 2. The van der Waals surface area contributed by atoms with Crippen molar-refractivity contribution >= 4 is 35.2 Å². The summed E-state index contributed by atoms with van der Waals surface area (Å²) in [5.74, 6) is -4.90. The van der Waals surface area contributed by atoms with Crippen molar-refractivity contribution in [1.29, 1.82) is 0 Å². The molecule has 0 heterocycles. The summed E-state index contributed by atoms with van der Waals surface area (Å²) in [7, 11) is 0. The van der Waals surface area contributed by atoms with Crippen LogP contribution >= 0.6 is 0 Å². The minimum atomic E-state index is -1.41. The maximum Gasteiger partial charge on any atom is 0.306 e. The quantitative estimate of drug-likeness (QED) is 0.456. The lowest BCUT2D eigenvalue weighted by atomic mass is 9.81. The minimum Gasteiger partial charge on any atom is -0.481 e. The van der Waals surface area contributed by atoms with Crippen LogP contribution in [0, 0.1) is 11.8 Å². The normalized spacial score (nSPS) is 19.1. The number of nitrogens with one attached hydrogen (secondary N) is 1. The molecular formula is C29H29NO8. The molecule has 2 aromatic carbocycles. The van der Waals surface area contributed by atoms with Crippen molar-refractivity contribution in [2.75, 3.05) is 6.61 Å². The second kappa shape index (κ2) is 11.9. The smallest absolute Gasteiger partial charge is 0.306 e. The molecule has 0 saturated carbocycles. The van der Waals surface area contributed by atoms with E-state index in [1.807, 2.05) is 24.3 Å². The number of fused-ring (bicyclic) bond motifs is 2. The Hall–Kier alpha value is -4.14. The Morgan fingerprint density at radius 3 is 1.92 bits per heavy atom. The van der Waals surface area contributed by atoms with Crippen LogP contribution in [0.4, 0.5) is 0 Å². The van der Waals surface area contributed by atoms with Crippen LogP contribution in [-0.2, 0) is 36.8 Å². The zero-order valence-corrected chi connectivity index (χ0v) is 20.8. The van der Waals surface area contributed by atoms with Crippen LogP contribution in [0.15, 0.2) is 48.5 Å². The van der Waals surface area contributed by atoms with Gasteiger partial charge >= 0.3 is 11.9 Å². The second-order valence-corrected chi connectivity index (χ2v) is 9.77. The predicted octanol–water partition coefficient (Wildman–Crippen LogP) is 2.73. The van der Waals surface area contributed by atoms with Gasteiger partial charge < -0.3 is 15.2 Å². The lowest BCUT2D eigenvalue weighted by Gasteiger charge is -2.24. The first-order valence-corrected chi connectivity index (χ1v) is 12.7. The summed E-state index contributed by atoms with van der Waals surface area (Å²) < 4.78 is 5.05. The van der Waals surface area contributed by atoms with E-state index in [1.54, 1.807) is 24.3 Å². The molecule has 0 fully saturated rings. The Labute approximate surface area is 219 Å². The fourth-order valence-electron chi connectivity index (χ4n) is 5.12. The third-order valence-electron chi connectivity index (χ3n) is 7.15. The summed E-state index contributed by atoms with van der Waals surface area (Å²) in [6.45, 7) is -0.732. The monoisotopic (exact) mass is 519 g/mol. The molecule has 0 spiro atoms. The average Bonchev–Trinajstić information content (AvgIpc) is 2.90.